The van der Waals surface area contributed by atoms with Gasteiger partial charge in [-0.1, -0.05) is 31.2 Å². The molecular formula is C13H19NO. The maximum Gasteiger partial charge on any atom is 0.115 e. The Kier molecular flexibility index (Phi) is 4.37. The summed E-state index contributed by atoms with van der Waals surface area (Å²) in [5, 5.41) is 9.34. The molecule has 0 fully saturated rings. The third-order valence-electron chi connectivity index (χ3n) is 2.26. The van der Waals surface area contributed by atoms with Gasteiger partial charge in [0.2, 0.25) is 0 Å². The van der Waals surface area contributed by atoms with Crippen LogP contribution in [0.5, 0.6) is 5.75 Å². The third-order valence-corrected chi connectivity index (χ3v) is 2.26. The Bertz CT molecular complexity index is 333. The molecule has 15 heavy (non-hydrogen) atoms. The average Bonchev–Trinajstić information content (AvgIpc) is 2.16. The molecule has 0 unspecified atom stereocenters. The molecule has 1 rings (SSSR count). The molecule has 0 amide bonds. The Labute approximate surface area is 91.9 Å². The normalized spacial score (nSPS) is 10.6. The second-order valence-electron chi connectivity index (χ2n) is 3.93. The van der Waals surface area contributed by atoms with E-state index in [0.717, 1.165) is 30.8 Å². The Morgan fingerprint density at radius 2 is 2.20 bits per heavy atom. The Hall–Kier alpha value is -1.28. The summed E-state index contributed by atoms with van der Waals surface area (Å²) in [5.74, 6) is 0.332. The zero-order valence-electron chi connectivity index (χ0n) is 9.53. The van der Waals surface area contributed by atoms with Crippen molar-refractivity contribution in [1.29, 1.82) is 0 Å². The number of hydrogen-bond acceptors (Lipinski definition) is 2. The van der Waals surface area contributed by atoms with Gasteiger partial charge in [0.25, 0.3) is 0 Å². The van der Waals surface area contributed by atoms with Gasteiger partial charge in [0.1, 0.15) is 5.75 Å². The average molecular weight is 205 g/mol. The van der Waals surface area contributed by atoms with Crippen molar-refractivity contribution in [2.75, 3.05) is 13.1 Å². The highest BCUT2D eigenvalue weighted by atomic mass is 16.3. The summed E-state index contributed by atoms with van der Waals surface area (Å²) in [7, 11) is 0. The van der Waals surface area contributed by atoms with E-state index in [1.807, 2.05) is 19.1 Å². The van der Waals surface area contributed by atoms with Crippen LogP contribution in [0.15, 0.2) is 36.4 Å². The SMILES string of the molecule is C=C(C)CN(CC)Cc1cccc(O)c1. The van der Waals surface area contributed by atoms with Crippen molar-refractivity contribution in [3.8, 4) is 5.75 Å². The summed E-state index contributed by atoms with van der Waals surface area (Å²) in [6, 6.07) is 7.40. The first-order valence-electron chi connectivity index (χ1n) is 5.26. The van der Waals surface area contributed by atoms with Crippen LogP contribution < -0.4 is 0 Å². The van der Waals surface area contributed by atoms with E-state index >= 15 is 0 Å². The Morgan fingerprint density at radius 3 is 2.73 bits per heavy atom. The highest BCUT2D eigenvalue weighted by Gasteiger charge is 2.03. The van der Waals surface area contributed by atoms with Gasteiger partial charge in [-0.05, 0) is 31.2 Å². The number of nitrogens with zero attached hydrogens (tertiary/aromatic N) is 1. The predicted molar refractivity (Wildman–Crippen MR) is 63.9 cm³/mol. The van der Waals surface area contributed by atoms with Crippen molar-refractivity contribution in [3.05, 3.63) is 42.0 Å². The van der Waals surface area contributed by atoms with Gasteiger partial charge in [0, 0.05) is 13.1 Å². The van der Waals surface area contributed by atoms with Gasteiger partial charge < -0.3 is 5.11 Å². The van der Waals surface area contributed by atoms with Gasteiger partial charge in [0.05, 0.1) is 0 Å². The topological polar surface area (TPSA) is 23.5 Å². The molecule has 0 aromatic heterocycles. The predicted octanol–water partition coefficient (Wildman–Crippen LogP) is 2.79. The number of likely N-dealkylation sites (N-methyl/N-ethyl adjacent to an activating group) is 1. The Morgan fingerprint density at radius 1 is 1.47 bits per heavy atom. The van der Waals surface area contributed by atoms with E-state index in [1.54, 1.807) is 12.1 Å². The lowest BCUT2D eigenvalue weighted by Crippen LogP contribution is -2.24. The molecule has 0 aliphatic rings. The Balaban J connectivity index is 2.62. The van der Waals surface area contributed by atoms with Gasteiger partial charge in [-0.2, -0.15) is 0 Å². The molecule has 2 nitrogen and oxygen atoms in total. The molecule has 0 saturated carbocycles. The molecule has 0 bridgehead atoms. The van der Waals surface area contributed by atoms with Gasteiger partial charge in [-0.3, -0.25) is 4.90 Å². The van der Waals surface area contributed by atoms with E-state index in [4.69, 9.17) is 0 Å². The smallest absolute Gasteiger partial charge is 0.115 e. The second kappa shape index (κ2) is 5.56. The van der Waals surface area contributed by atoms with E-state index in [1.165, 1.54) is 0 Å². The first-order chi connectivity index (χ1) is 7.11. The van der Waals surface area contributed by atoms with Crippen LogP contribution in [-0.2, 0) is 6.54 Å². The zero-order valence-corrected chi connectivity index (χ0v) is 9.53. The van der Waals surface area contributed by atoms with Crippen molar-refractivity contribution < 1.29 is 5.11 Å². The lowest BCUT2D eigenvalue weighted by molar-refractivity contribution is 0.304. The van der Waals surface area contributed by atoms with E-state index in [2.05, 4.69) is 18.4 Å². The quantitative estimate of drug-likeness (QED) is 0.747. The highest BCUT2D eigenvalue weighted by molar-refractivity contribution is 5.27. The van der Waals surface area contributed by atoms with E-state index in [-0.39, 0.29) is 0 Å². The number of phenols is 1. The first-order valence-corrected chi connectivity index (χ1v) is 5.26. The molecular weight excluding hydrogens is 186 g/mol. The van der Waals surface area contributed by atoms with Crippen molar-refractivity contribution in [2.24, 2.45) is 0 Å². The van der Waals surface area contributed by atoms with Gasteiger partial charge in [0.15, 0.2) is 0 Å². The fourth-order valence-electron chi connectivity index (χ4n) is 1.57. The molecule has 2 heteroatoms. The van der Waals surface area contributed by atoms with Crippen LogP contribution in [0.25, 0.3) is 0 Å². The highest BCUT2D eigenvalue weighted by Crippen LogP contribution is 2.13. The summed E-state index contributed by atoms with van der Waals surface area (Å²) < 4.78 is 0. The van der Waals surface area contributed by atoms with Crippen LogP contribution >= 0.6 is 0 Å². The number of aromatic hydroxyl groups is 1. The van der Waals surface area contributed by atoms with E-state index in [0.29, 0.717) is 5.75 Å². The van der Waals surface area contributed by atoms with Crippen LogP contribution in [0.3, 0.4) is 0 Å². The minimum absolute atomic E-state index is 0.332. The van der Waals surface area contributed by atoms with Crippen molar-refractivity contribution in [1.82, 2.24) is 4.90 Å². The molecule has 0 radical (unpaired) electrons. The monoisotopic (exact) mass is 205 g/mol. The van der Waals surface area contributed by atoms with E-state index in [9.17, 15) is 5.11 Å². The van der Waals surface area contributed by atoms with Crippen LogP contribution in [-0.4, -0.2) is 23.1 Å². The summed E-state index contributed by atoms with van der Waals surface area (Å²) in [5.41, 5.74) is 2.30. The summed E-state index contributed by atoms with van der Waals surface area (Å²) >= 11 is 0. The van der Waals surface area contributed by atoms with Crippen molar-refractivity contribution >= 4 is 0 Å². The molecule has 1 aromatic carbocycles. The first kappa shape index (κ1) is 11.8. The molecule has 0 spiro atoms. The van der Waals surface area contributed by atoms with Gasteiger partial charge in [-0.15, -0.1) is 0 Å². The third kappa shape index (κ3) is 4.17. The fraction of sp³-hybridized carbons (Fsp3) is 0.385. The maximum atomic E-state index is 9.34. The maximum absolute atomic E-state index is 9.34. The van der Waals surface area contributed by atoms with Gasteiger partial charge in [-0.25, -0.2) is 0 Å². The van der Waals surface area contributed by atoms with Crippen LogP contribution in [0.2, 0.25) is 0 Å². The number of benzene rings is 1. The largest absolute Gasteiger partial charge is 0.508 e. The lowest BCUT2D eigenvalue weighted by atomic mass is 10.2. The van der Waals surface area contributed by atoms with Crippen LogP contribution in [0.4, 0.5) is 0 Å². The minimum Gasteiger partial charge on any atom is -0.508 e. The molecule has 0 saturated heterocycles. The summed E-state index contributed by atoms with van der Waals surface area (Å²) in [6.07, 6.45) is 0. The zero-order chi connectivity index (χ0) is 11.3. The van der Waals surface area contributed by atoms with Crippen molar-refractivity contribution in [2.45, 2.75) is 20.4 Å². The van der Waals surface area contributed by atoms with Gasteiger partial charge >= 0.3 is 0 Å². The lowest BCUT2D eigenvalue weighted by Gasteiger charge is -2.20. The molecule has 0 aliphatic carbocycles. The minimum atomic E-state index is 0.332. The van der Waals surface area contributed by atoms with E-state index < -0.39 is 0 Å². The van der Waals surface area contributed by atoms with Crippen molar-refractivity contribution in [3.63, 3.8) is 0 Å². The molecule has 0 heterocycles. The molecule has 82 valence electrons. The number of rotatable bonds is 5. The van der Waals surface area contributed by atoms with Crippen LogP contribution in [0.1, 0.15) is 19.4 Å². The summed E-state index contributed by atoms with van der Waals surface area (Å²) in [6.45, 7) is 10.8. The second-order valence-corrected chi connectivity index (χ2v) is 3.93. The molecule has 0 aliphatic heterocycles. The molecule has 1 N–H and O–H groups in total. The molecule has 0 atom stereocenters. The number of hydrogen-bond donors (Lipinski definition) is 1. The number of phenolic OH excluding ortho intramolecular Hbond substituents is 1. The summed E-state index contributed by atoms with van der Waals surface area (Å²) in [4.78, 5) is 2.29. The fourth-order valence-corrected chi connectivity index (χ4v) is 1.57. The standard InChI is InChI=1S/C13H19NO/c1-4-14(9-11(2)3)10-12-6-5-7-13(15)8-12/h5-8,15H,2,4,9-10H2,1,3H3. The van der Waals surface area contributed by atoms with Crippen LogP contribution in [0, 0.1) is 0 Å². The molecule has 1 aromatic rings.